The van der Waals surface area contributed by atoms with Crippen LogP contribution in [-0.2, 0) is 11.3 Å². The van der Waals surface area contributed by atoms with E-state index in [1.165, 1.54) is 5.56 Å². The average Bonchev–Trinajstić information content (AvgIpc) is 2.56. The molecule has 0 saturated carbocycles. The number of amides is 1. The quantitative estimate of drug-likeness (QED) is 0.842. The van der Waals surface area contributed by atoms with Crippen molar-refractivity contribution < 1.29 is 14.3 Å². The Morgan fingerprint density at radius 2 is 1.96 bits per heavy atom. The van der Waals surface area contributed by atoms with Crippen LogP contribution in [0.3, 0.4) is 0 Å². The molecule has 0 aromatic heterocycles. The zero-order chi connectivity index (χ0) is 17.5. The maximum absolute atomic E-state index is 12.2. The molecule has 0 fully saturated rings. The van der Waals surface area contributed by atoms with E-state index < -0.39 is 6.10 Å². The molecule has 4 nitrogen and oxygen atoms in total. The summed E-state index contributed by atoms with van der Waals surface area (Å²) >= 11 is 0. The van der Waals surface area contributed by atoms with Gasteiger partial charge in [0.25, 0.3) is 5.91 Å². The first-order chi connectivity index (χ1) is 11.5. The van der Waals surface area contributed by atoms with Gasteiger partial charge in [0, 0.05) is 6.54 Å². The van der Waals surface area contributed by atoms with Crippen LogP contribution in [0.25, 0.3) is 0 Å². The Labute approximate surface area is 143 Å². The molecule has 2 aromatic rings. The summed E-state index contributed by atoms with van der Waals surface area (Å²) in [6.07, 6.45) is -0.554. The molecule has 1 amide bonds. The second-order valence-electron chi connectivity index (χ2n) is 5.83. The number of hydrogen-bond acceptors (Lipinski definition) is 3. The third-order valence-electron chi connectivity index (χ3n) is 3.68. The van der Waals surface area contributed by atoms with Crippen LogP contribution < -0.4 is 14.8 Å². The topological polar surface area (TPSA) is 47.6 Å². The molecule has 1 atom stereocenters. The predicted octanol–water partition coefficient (Wildman–Crippen LogP) is 3.79. The number of benzene rings is 2. The molecule has 24 heavy (non-hydrogen) atoms. The van der Waals surface area contributed by atoms with E-state index in [1.54, 1.807) is 6.92 Å². The third-order valence-corrected chi connectivity index (χ3v) is 3.68. The fraction of sp³-hybridized carbons (Fsp3) is 0.350. The lowest BCUT2D eigenvalue weighted by molar-refractivity contribution is -0.127. The monoisotopic (exact) mass is 327 g/mol. The van der Waals surface area contributed by atoms with Crippen molar-refractivity contribution >= 4 is 5.91 Å². The van der Waals surface area contributed by atoms with Crippen molar-refractivity contribution in [1.82, 2.24) is 5.32 Å². The summed E-state index contributed by atoms with van der Waals surface area (Å²) in [5.74, 6) is 1.40. The summed E-state index contributed by atoms with van der Waals surface area (Å²) < 4.78 is 11.2. The number of carbonyl (C=O) groups is 1. The molecule has 0 radical (unpaired) electrons. The van der Waals surface area contributed by atoms with E-state index in [0.29, 0.717) is 13.2 Å². The SMILES string of the molecule is CCOc1cccc(CNC(=O)C(C)Oc2ccc(C)cc2C)c1. The summed E-state index contributed by atoms with van der Waals surface area (Å²) in [5.41, 5.74) is 3.19. The largest absolute Gasteiger partial charge is 0.494 e. The molecular weight excluding hydrogens is 302 g/mol. The summed E-state index contributed by atoms with van der Waals surface area (Å²) in [4.78, 5) is 12.2. The number of hydrogen-bond donors (Lipinski definition) is 1. The van der Waals surface area contributed by atoms with Crippen molar-refractivity contribution in [2.45, 2.75) is 40.3 Å². The second-order valence-corrected chi connectivity index (χ2v) is 5.83. The van der Waals surface area contributed by atoms with Crippen molar-refractivity contribution in [2.24, 2.45) is 0 Å². The Kier molecular flexibility index (Phi) is 6.24. The summed E-state index contributed by atoms with van der Waals surface area (Å²) in [5, 5.41) is 2.90. The molecule has 128 valence electrons. The van der Waals surface area contributed by atoms with Gasteiger partial charge in [-0.1, -0.05) is 29.8 Å². The van der Waals surface area contributed by atoms with Crippen LogP contribution in [0.2, 0.25) is 0 Å². The van der Waals surface area contributed by atoms with Crippen molar-refractivity contribution in [3.05, 3.63) is 59.2 Å². The van der Waals surface area contributed by atoms with Gasteiger partial charge in [-0.25, -0.2) is 0 Å². The van der Waals surface area contributed by atoms with Crippen LogP contribution in [0.1, 0.15) is 30.5 Å². The average molecular weight is 327 g/mol. The van der Waals surface area contributed by atoms with E-state index in [4.69, 9.17) is 9.47 Å². The van der Waals surface area contributed by atoms with E-state index in [1.807, 2.05) is 63.2 Å². The van der Waals surface area contributed by atoms with Crippen molar-refractivity contribution in [2.75, 3.05) is 6.61 Å². The molecular formula is C20H25NO3. The molecule has 0 heterocycles. The highest BCUT2D eigenvalue weighted by Gasteiger charge is 2.15. The van der Waals surface area contributed by atoms with Gasteiger partial charge in [-0.2, -0.15) is 0 Å². The van der Waals surface area contributed by atoms with Gasteiger partial charge in [-0.15, -0.1) is 0 Å². The standard InChI is InChI=1S/C20H25NO3/c1-5-23-18-8-6-7-17(12-18)13-21-20(22)16(4)24-19-10-9-14(2)11-15(19)3/h6-12,16H,5,13H2,1-4H3,(H,21,22). The smallest absolute Gasteiger partial charge is 0.261 e. The number of nitrogens with one attached hydrogen (secondary N) is 1. The van der Waals surface area contributed by atoms with Crippen LogP contribution in [-0.4, -0.2) is 18.6 Å². The highest BCUT2D eigenvalue weighted by molar-refractivity contribution is 5.80. The van der Waals surface area contributed by atoms with E-state index in [2.05, 4.69) is 5.32 Å². The van der Waals surface area contributed by atoms with Gasteiger partial charge in [0.15, 0.2) is 6.10 Å². The Morgan fingerprint density at radius 1 is 1.17 bits per heavy atom. The molecule has 2 aromatic carbocycles. The second kappa shape index (κ2) is 8.39. The lowest BCUT2D eigenvalue weighted by Crippen LogP contribution is -2.36. The normalized spacial score (nSPS) is 11.7. The maximum Gasteiger partial charge on any atom is 0.261 e. The van der Waals surface area contributed by atoms with Crippen LogP contribution in [0.5, 0.6) is 11.5 Å². The van der Waals surface area contributed by atoms with Crippen LogP contribution >= 0.6 is 0 Å². The highest BCUT2D eigenvalue weighted by atomic mass is 16.5. The lowest BCUT2D eigenvalue weighted by atomic mass is 10.1. The molecule has 0 aliphatic heterocycles. The molecule has 4 heteroatoms. The number of ether oxygens (including phenoxy) is 2. The Balaban J connectivity index is 1.90. The highest BCUT2D eigenvalue weighted by Crippen LogP contribution is 2.20. The van der Waals surface area contributed by atoms with Gasteiger partial charge in [0.05, 0.1) is 6.61 Å². The van der Waals surface area contributed by atoms with E-state index >= 15 is 0 Å². The fourth-order valence-electron chi connectivity index (χ4n) is 2.42. The van der Waals surface area contributed by atoms with Crippen molar-refractivity contribution in [3.63, 3.8) is 0 Å². The predicted molar refractivity (Wildman–Crippen MR) is 95.5 cm³/mol. The van der Waals surface area contributed by atoms with E-state index in [9.17, 15) is 4.79 Å². The molecule has 1 N–H and O–H groups in total. The van der Waals surface area contributed by atoms with Gasteiger partial charge in [0.2, 0.25) is 0 Å². The minimum absolute atomic E-state index is 0.142. The summed E-state index contributed by atoms with van der Waals surface area (Å²) in [6, 6.07) is 13.6. The first-order valence-corrected chi connectivity index (χ1v) is 8.23. The number of carbonyl (C=O) groups excluding carboxylic acids is 1. The first-order valence-electron chi connectivity index (χ1n) is 8.23. The van der Waals surface area contributed by atoms with Gasteiger partial charge in [-0.05, 0) is 57.0 Å². The molecule has 0 aliphatic carbocycles. The Hall–Kier alpha value is -2.49. The lowest BCUT2D eigenvalue weighted by Gasteiger charge is -2.16. The maximum atomic E-state index is 12.2. The van der Waals surface area contributed by atoms with Gasteiger partial charge in [-0.3, -0.25) is 4.79 Å². The zero-order valence-corrected chi connectivity index (χ0v) is 14.8. The number of aryl methyl sites for hydroxylation is 2. The molecule has 1 unspecified atom stereocenters. The summed E-state index contributed by atoms with van der Waals surface area (Å²) in [7, 11) is 0. The number of rotatable bonds is 7. The van der Waals surface area contributed by atoms with Gasteiger partial charge in [0.1, 0.15) is 11.5 Å². The van der Waals surface area contributed by atoms with E-state index in [0.717, 1.165) is 22.6 Å². The minimum Gasteiger partial charge on any atom is -0.494 e. The first kappa shape index (κ1) is 17.9. The third kappa shape index (κ3) is 5.01. The van der Waals surface area contributed by atoms with Crippen LogP contribution in [0.4, 0.5) is 0 Å². The Bertz CT molecular complexity index is 697. The van der Waals surface area contributed by atoms with Gasteiger partial charge >= 0.3 is 0 Å². The zero-order valence-electron chi connectivity index (χ0n) is 14.8. The fourth-order valence-corrected chi connectivity index (χ4v) is 2.42. The molecule has 0 spiro atoms. The molecule has 2 rings (SSSR count). The van der Waals surface area contributed by atoms with Gasteiger partial charge < -0.3 is 14.8 Å². The van der Waals surface area contributed by atoms with Crippen LogP contribution in [0.15, 0.2) is 42.5 Å². The molecule has 0 bridgehead atoms. The minimum atomic E-state index is -0.554. The van der Waals surface area contributed by atoms with Crippen molar-refractivity contribution in [3.8, 4) is 11.5 Å². The Morgan fingerprint density at radius 3 is 2.67 bits per heavy atom. The van der Waals surface area contributed by atoms with E-state index in [-0.39, 0.29) is 5.91 Å². The van der Waals surface area contributed by atoms with Crippen LogP contribution in [0, 0.1) is 13.8 Å². The molecule has 0 saturated heterocycles. The van der Waals surface area contributed by atoms with Crippen molar-refractivity contribution in [1.29, 1.82) is 0 Å². The molecule has 0 aliphatic rings. The summed E-state index contributed by atoms with van der Waals surface area (Å²) in [6.45, 7) is 8.78.